The number of unbranched alkanes of at least 4 members (excludes halogenated alkanes) is 10. The Bertz CT molecular complexity index is 794. The minimum absolute atomic E-state index is 0.134. The molecule has 30 heavy (non-hydrogen) atoms. The predicted octanol–water partition coefficient (Wildman–Crippen LogP) is 8.09. The number of hydrogen-bond donors (Lipinski definition) is 2. The van der Waals surface area contributed by atoms with Gasteiger partial charge in [-0.15, -0.1) is 0 Å². The van der Waals surface area contributed by atoms with E-state index in [2.05, 4.69) is 13.8 Å². The Morgan fingerprint density at radius 3 is 1.93 bits per heavy atom. The molecule has 2 aromatic carbocycles. The van der Waals surface area contributed by atoms with Crippen molar-refractivity contribution >= 4 is 16.6 Å². The summed E-state index contributed by atoms with van der Waals surface area (Å²) >= 11 is 0. The highest BCUT2D eigenvalue weighted by Crippen LogP contribution is 2.33. The van der Waals surface area contributed by atoms with Crippen molar-refractivity contribution in [3.63, 3.8) is 0 Å². The van der Waals surface area contributed by atoms with Gasteiger partial charge < -0.3 is 10.2 Å². The summed E-state index contributed by atoms with van der Waals surface area (Å²) in [5.74, 6) is -0.158. The van der Waals surface area contributed by atoms with Crippen molar-refractivity contribution in [3.05, 3.63) is 35.4 Å². The van der Waals surface area contributed by atoms with Crippen LogP contribution in [-0.2, 0) is 6.42 Å². The van der Waals surface area contributed by atoms with Gasteiger partial charge in [0.15, 0.2) is 17.3 Å². The zero-order valence-electron chi connectivity index (χ0n) is 19.0. The smallest absolute Gasteiger partial charge is 0.163 e. The van der Waals surface area contributed by atoms with Gasteiger partial charge in [0.2, 0.25) is 0 Å². The van der Waals surface area contributed by atoms with E-state index in [1.165, 1.54) is 57.4 Å². The molecule has 0 heterocycles. The lowest BCUT2D eigenvalue weighted by atomic mass is 9.93. The van der Waals surface area contributed by atoms with Crippen molar-refractivity contribution < 1.29 is 15.0 Å². The lowest BCUT2D eigenvalue weighted by Crippen LogP contribution is -2.02. The van der Waals surface area contributed by atoms with E-state index in [-0.39, 0.29) is 17.3 Å². The number of phenols is 2. The Balaban J connectivity index is 1.98. The zero-order chi connectivity index (χ0) is 21.8. The van der Waals surface area contributed by atoms with Gasteiger partial charge in [-0.1, -0.05) is 84.1 Å². The normalized spacial score (nSPS) is 11.3. The molecule has 0 aromatic heterocycles. The summed E-state index contributed by atoms with van der Waals surface area (Å²) in [5, 5.41) is 21.4. The van der Waals surface area contributed by atoms with Crippen LogP contribution in [0.1, 0.15) is 113 Å². The van der Waals surface area contributed by atoms with Crippen molar-refractivity contribution in [1.82, 2.24) is 0 Å². The van der Waals surface area contributed by atoms with E-state index >= 15 is 0 Å². The van der Waals surface area contributed by atoms with Crippen LogP contribution in [0.4, 0.5) is 0 Å². The predicted molar refractivity (Wildman–Crippen MR) is 127 cm³/mol. The first-order valence-corrected chi connectivity index (χ1v) is 12.1. The van der Waals surface area contributed by atoms with Crippen LogP contribution in [0.15, 0.2) is 24.3 Å². The van der Waals surface area contributed by atoms with E-state index in [0.29, 0.717) is 12.0 Å². The highest BCUT2D eigenvalue weighted by Gasteiger charge is 2.14. The first kappa shape index (κ1) is 24.2. The third-order valence-electron chi connectivity index (χ3n) is 5.98. The SMILES string of the molecule is CCCCCCCCCCCC(=O)c1cc(CCCCC)cc2cc(O)c(O)cc12. The molecular weight excluding hydrogens is 372 g/mol. The van der Waals surface area contributed by atoms with Crippen LogP contribution in [0.3, 0.4) is 0 Å². The van der Waals surface area contributed by atoms with Gasteiger partial charge in [-0.2, -0.15) is 0 Å². The molecule has 2 aromatic rings. The molecular formula is C27H40O3. The summed E-state index contributed by atoms with van der Waals surface area (Å²) in [6.07, 6.45) is 16.0. The van der Waals surface area contributed by atoms with Crippen molar-refractivity contribution in [2.24, 2.45) is 0 Å². The van der Waals surface area contributed by atoms with Crippen molar-refractivity contribution in [2.75, 3.05) is 0 Å². The minimum Gasteiger partial charge on any atom is -0.504 e. The molecule has 0 aliphatic carbocycles. The number of benzene rings is 2. The van der Waals surface area contributed by atoms with Gasteiger partial charge in [0.25, 0.3) is 0 Å². The summed E-state index contributed by atoms with van der Waals surface area (Å²) in [6.45, 7) is 4.42. The molecule has 2 rings (SSSR count). The highest BCUT2D eigenvalue weighted by molar-refractivity contribution is 6.09. The van der Waals surface area contributed by atoms with Gasteiger partial charge in [-0.3, -0.25) is 4.79 Å². The van der Waals surface area contributed by atoms with Crippen molar-refractivity contribution in [1.29, 1.82) is 0 Å². The maximum atomic E-state index is 13.0. The average molecular weight is 413 g/mol. The van der Waals surface area contributed by atoms with Gasteiger partial charge in [0, 0.05) is 12.0 Å². The third-order valence-corrected chi connectivity index (χ3v) is 5.98. The average Bonchev–Trinajstić information content (AvgIpc) is 2.73. The molecule has 0 radical (unpaired) electrons. The Hall–Kier alpha value is -2.03. The van der Waals surface area contributed by atoms with Gasteiger partial charge in [-0.05, 0) is 53.8 Å². The van der Waals surface area contributed by atoms with Crippen molar-refractivity contribution in [3.8, 4) is 11.5 Å². The van der Waals surface area contributed by atoms with Gasteiger partial charge in [0.1, 0.15) is 0 Å². The fourth-order valence-electron chi connectivity index (χ4n) is 4.14. The number of fused-ring (bicyclic) bond motifs is 1. The van der Waals surface area contributed by atoms with E-state index in [0.717, 1.165) is 48.4 Å². The summed E-state index contributed by atoms with van der Waals surface area (Å²) in [7, 11) is 0. The molecule has 0 unspecified atom stereocenters. The molecule has 2 N–H and O–H groups in total. The highest BCUT2D eigenvalue weighted by atomic mass is 16.3. The lowest BCUT2D eigenvalue weighted by molar-refractivity contribution is 0.0980. The monoisotopic (exact) mass is 412 g/mol. The van der Waals surface area contributed by atoms with Crippen LogP contribution in [0, 0.1) is 0 Å². The second-order valence-electron chi connectivity index (χ2n) is 8.66. The zero-order valence-corrected chi connectivity index (χ0v) is 19.0. The van der Waals surface area contributed by atoms with Gasteiger partial charge >= 0.3 is 0 Å². The number of carbonyl (C=O) groups is 1. The first-order valence-electron chi connectivity index (χ1n) is 12.1. The second kappa shape index (κ2) is 13.3. The minimum atomic E-state index is -0.168. The molecule has 0 saturated carbocycles. The number of carbonyl (C=O) groups excluding carboxylic acids is 1. The molecule has 0 aliphatic heterocycles. The number of Topliss-reactive ketones (excluding diaryl/α,β-unsaturated/α-hetero) is 1. The molecule has 3 heteroatoms. The summed E-state index contributed by atoms with van der Waals surface area (Å²) < 4.78 is 0. The lowest BCUT2D eigenvalue weighted by Gasteiger charge is -2.11. The summed E-state index contributed by atoms with van der Waals surface area (Å²) in [4.78, 5) is 13.0. The molecule has 3 nitrogen and oxygen atoms in total. The van der Waals surface area contributed by atoms with Crippen LogP contribution in [0.5, 0.6) is 11.5 Å². The number of aryl methyl sites for hydroxylation is 1. The Kier molecular flexibility index (Phi) is 10.8. The fraction of sp³-hybridized carbons (Fsp3) is 0.593. The number of phenolic OH excluding ortho intramolecular Hbond substituents is 2. The van der Waals surface area contributed by atoms with E-state index in [9.17, 15) is 15.0 Å². The Morgan fingerprint density at radius 2 is 1.27 bits per heavy atom. The molecule has 0 aliphatic rings. The summed E-state index contributed by atoms with van der Waals surface area (Å²) in [6, 6.07) is 7.15. The largest absolute Gasteiger partial charge is 0.504 e. The number of hydrogen-bond acceptors (Lipinski definition) is 3. The van der Waals surface area contributed by atoms with E-state index in [1.54, 1.807) is 6.07 Å². The fourth-order valence-corrected chi connectivity index (χ4v) is 4.14. The maximum Gasteiger partial charge on any atom is 0.163 e. The number of ketones is 1. The molecule has 0 saturated heterocycles. The topological polar surface area (TPSA) is 57.5 Å². The molecule has 0 fully saturated rings. The maximum absolute atomic E-state index is 13.0. The number of rotatable bonds is 15. The second-order valence-corrected chi connectivity index (χ2v) is 8.66. The van der Waals surface area contributed by atoms with Crippen molar-refractivity contribution in [2.45, 2.75) is 104 Å². The van der Waals surface area contributed by atoms with E-state index in [1.807, 2.05) is 12.1 Å². The number of aromatic hydroxyl groups is 2. The van der Waals surface area contributed by atoms with Crippen LogP contribution in [-0.4, -0.2) is 16.0 Å². The molecule has 0 spiro atoms. The Labute approximate surface area is 182 Å². The van der Waals surface area contributed by atoms with Gasteiger partial charge in [-0.25, -0.2) is 0 Å². The van der Waals surface area contributed by atoms with Crippen LogP contribution in [0.2, 0.25) is 0 Å². The molecule has 166 valence electrons. The molecule has 0 amide bonds. The standard InChI is InChI=1S/C27H40O3/c1-3-5-7-8-9-10-11-12-14-16-25(28)24-18-21(15-13-6-4-2)17-22-19-26(29)27(30)20-23(22)24/h17-20,29-30H,3-16H2,1-2H3. The third kappa shape index (κ3) is 7.66. The van der Waals surface area contributed by atoms with E-state index in [4.69, 9.17) is 0 Å². The molecule has 0 atom stereocenters. The Morgan fingerprint density at radius 1 is 0.700 bits per heavy atom. The van der Waals surface area contributed by atoms with Gasteiger partial charge in [0.05, 0.1) is 0 Å². The quantitative estimate of drug-likeness (QED) is 0.176. The summed E-state index contributed by atoms with van der Waals surface area (Å²) in [5.41, 5.74) is 1.82. The van der Waals surface area contributed by atoms with E-state index < -0.39 is 0 Å². The van der Waals surface area contributed by atoms with Crippen LogP contribution >= 0.6 is 0 Å². The van der Waals surface area contributed by atoms with Crippen LogP contribution < -0.4 is 0 Å². The first-order chi connectivity index (χ1) is 14.6. The van der Waals surface area contributed by atoms with Crippen LogP contribution in [0.25, 0.3) is 10.8 Å². The molecule has 0 bridgehead atoms.